The van der Waals surface area contributed by atoms with Gasteiger partial charge in [-0.05, 0) is 12.1 Å². The van der Waals surface area contributed by atoms with Gasteiger partial charge in [0.05, 0.1) is 19.0 Å². The number of fused-ring (bicyclic) bond motifs is 1. The molecule has 7 nitrogen and oxygen atoms in total. The van der Waals surface area contributed by atoms with Crippen LogP contribution in [0, 0.1) is 0 Å². The summed E-state index contributed by atoms with van der Waals surface area (Å²) in [5.74, 6) is -1.69. The van der Waals surface area contributed by atoms with Crippen LogP contribution in [-0.4, -0.2) is 33.9 Å². The highest BCUT2D eigenvalue weighted by atomic mass is 16.5. The molecule has 0 aliphatic heterocycles. The summed E-state index contributed by atoms with van der Waals surface area (Å²) in [4.78, 5) is 34.3. The van der Waals surface area contributed by atoms with E-state index in [1.807, 2.05) is 0 Å². The van der Waals surface area contributed by atoms with Crippen molar-refractivity contribution < 1.29 is 19.4 Å². The maximum absolute atomic E-state index is 12.2. The van der Waals surface area contributed by atoms with E-state index >= 15 is 0 Å². The number of hydrogen-bond acceptors (Lipinski definition) is 5. The van der Waals surface area contributed by atoms with Crippen molar-refractivity contribution in [3.63, 3.8) is 0 Å². The van der Waals surface area contributed by atoms with Gasteiger partial charge in [-0.15, -0.1) is 0 Å². The molecule has 0 atom stereocenters. The van der Waals surface area contributed by atoms with Crippen LogP contribution in [0.4, 0.5) is 0 Å². The number of aliphatic carboxylic acids is 1. The van der Waals surface area contributed by atoms with E-state index in [2.05, 4.69) is 9.84 Å². The standard InChI is InChI=1S/C13H12N2O5/c1-20-12(18)6-9-13(19)8-4-2-3-5-10(8)15(14-9)7-11(16)17/h2-5H,6-7H2,1H3,(H,16,17). The fourth-order valence-electron chi connectivity index (χ4n) is 1.86. The molecule has 2 aromatic rings. The third-order valence-corrected chi connectivity index (χ3v) is 2.75. The van der Waals surface area contributed by atoms with Crippen molar-refractivity contribution in [1.82, 2.24) is 9.78 Å². The molecule has 7 heteroatoms. The Morgan fingerprint density at radius 1 is 1.35 bits per heavy atom. The molecule has 0 aliphatic carbocycles. The van der Waals surface area contributed by atoms with Gasteiger partial charge in [0.2, 0.25) is 5.43 Å². The number of aromatic nitrogens is 2. The molecular weight excluding hydrogens is 264 g/mol. The van der Waals surface area contributed by atoms with Gasteiger partial charge in [-0.25, -0.2) is 0 Å². The summed E-state index contributed by atoms with van der Waals surface area (Å²) >= 11 is 0. The molecule has 0 unspecified atom stereocenters. The summed E-state index contributed by atoms with van der Waals surface area (Å²) in [7, 11) is 1.21. The average Bonchev–Trinajstić information content (AvgIpc) is 2.43. The number of benzene rings is 1. The van der Waals surface area contributed by atoms with E-state index in [1.165, 1.54) is 11.8 Å². The zero-order chi connectivity index (χ0) is 14.7. The molecule has 0 spiro atoms. The Morgan fingerprint density at radius 3 is 2.70 bits per heavy atom. The third-order valence-electron chi connectivity index (χ3n) is 2.75. The topological polar surface area (TPSA) is 98.5 Å². The Bertz CT molecular complexity index is 735. The smallest absolute Gasteiger partial charge is 0.325 e. The molecule has 1 heterocycles. The number of carboxylic acids is 1. The SMILES string of the molecule is COC(=O)Cc1nn(CC(=O)O)c2ccccc2c1=O. The van der Waals surface area contributed by atoms with Gasteiger partial charge in [0.1, 0.15) is 12.2 Å². The fraction of sp³-hybridized carbons (Fsp3) is 0.231. The molecule has 0 saturated heterocycles. The summed E-state index contributed by atoms with van der Waals surface area (Å²) < 4.78 is 5.69. The molecule has 0 radical (unpaired) electrons. The van der Waals surface area contributed by atoms with Gasteiger partial charge >= 0.3 is 11.9 Å². The normalized spacial score (nSPS) is 10.4. The zero-order valence-electron chi connectivity index (χ0n) is 10.7. The van der Waals surface area contributed by atoms with Crippen LogP contribution in [-0.2, 0) is 27.3 Å². The van der Waals surface area contributed by atoms with E-state index in [-0.39, 0.29) is 12.1 Å². The summed E-state index contributed by atoms with van der Waals surface area (Å²) in [5.41, 5.74) is -0.0158. The maximum Gasteiger partial charge on any atom is 0.325 e. The molecule has 1 N–H and O–H groups in total. The second-order valence-corrected chi connectivity index (χ2v) is 4.10. The molecule has 0 amide bonds. The Labute approximate surface area is 113 Å². The predicted molar refractivity (Wildman–Crippen MR) is 69.4 cm³/mol. The van der Waals surface area contributed by atoms with E-state index in [0.29, 0.717) is 10.9 Å². The highest BCUT2D eigenvalue weighted by molar-refractivity contribution is 5.81. The number of hydrogen-bond donors (Lipinski definition) is 1. The quantitative estimate of drug-likeness (QED) is 0.801. The summed E-state index contributed by atoms with van der Waals surface area (Å²) in [6.45, 7) is -0.394. The van der Waals surface area contributed by atoms with E-state index in [1.54, 1.807) is 24.3 Å². The molecular formula is C13H12N2O5. The predicted octanol–water partition coefficient (Wildman–Crippen LogP) is 0.197. The Balaban J connectivity index is 2.64. The van der Waals surface area contributed by atoms with Crippen LogP contribution in [0.1, 0.15) is 5.69 Å². The van der Waals surface area contributed by atoms with Crippen LogP contribution in [0.25, 0.3) is 10.9 Å². The molecule has 1 aromatic carbocycles. The minimum absolute atomic E-state index is 0.0307. The largest absolute Gasteiger partial charge is 0.480 e. The number of carboxylic acid groups (broad SMARTS) is 1. The van der Waals surface area contributed by atoms with Crippen molar-refractivity contribution in [3.8, 4) is 0 Å². The first-order chi connectivity index (χ1) is 9.52. The first kappa shape index (κ1) is 13.7. The molecule has 0 bridgehead atoms. The maximum atomic E-state index is 12.2. The van der Waals surface area contributed by atoms with Crippen molar-refractivity contribution >= 4 is 22.8 Å². The third kappa shape index (κ3) is 2.66. The minimum Gasteiger partial charge on any atom is -0.480 e. The number of para-hydroxylation sites is 1. The van der Waals surface area contributed by atoms with Crippen LogP contribution in [0.15, 0.2) is 29.1 Å². The lowest BCUT2D eigenvalue weighted by Gasteiger charge is -2.09. The number of carbonyl (C=O) groups is 2. The molecule has 0 fully saturated rings. The number of ether oxygens (including phenoxy) is 1. The Morgan fingerprint density at radius 2 is 2.05 bits per heavy atom. The number of rotatable bonds is 4. The fourth-order valence-corrected chi connectivity index (χ4v) is 1.86. The second-order valence-electron chi connectivity index (χ2n) is 4.10. The van der Waals surface area contributed by atoms with Crippen molar-refractivity contribution in [2.45, 2.75) is 13.0 Å². The first-order valence-corrected chi connectivity index (χ1v) is 5.80. The highest BCUT2D eigenvalue weighted by Gasteiger charge is 2.15. The Hall–Kier alpha value is -2.70. The summed E-state index contributed by atoms with van der Waals surface area (Å²) in [6, 6.07) is 6.52. The van der Waals surface area contributed by atoms with E-state index in [4.69, 9.17) is 5.11 Å². The minimum atomic E-state index is -1.09. The van der Waals surface area contributed by atoms with E-state index < -0.39 is 23.9 Å². The summed E-state index contributed by atoms with van der Waals surface area (Å²) in [5, 5.41) is 13.2. The molecule has 2 rings (SSSR count). The van der Waals surface area contributed by atoms with Gasteiger partial charge in [0.15, 0.2) is 0 Å². The van der Waals surface area contributed by atoms with Gasteiger partial charge in [0, 0.05) is 5.39 Å². The van der Waals surface area contributed by atoms with Crippen molar-refractivity contribution in [2.24, 2.45) is 0 Å². The van der Waals surface area contributed by atoms with Crippen LogP contribution < -0.4 is 5.43 Å². The van der Waals surface area contributed by atoms with Gasteiger partial charge in [-0.1, -0.05) is 12.1 Å². The molecule has 1 aromatic heterocycles. The van der Waals surface area contributed by atoms with Crippen molar-refractivity contribution in [3.05, 3.63) is 40.2 Å². The van der Waals surface area contributed by atoms with Crippen LogP contribution in [0.3, 0.4) is 0 Å². The molecule has 20 heavy (non-hydrogen) atoms. The number of carbonyl (C=O) groups excluding carboxylic acids is 1. The molecule has 104 valence electrons. The van der Waals surface area contributed by atoms with Gasteiger partial charge < -0.3 is 9.84 Å². The monoisotopic (exact) mass is 276 g/mol. The van der Waals surface area contributed by atoms with Crippen molar-refractivity contribution in [2.75, 3.05) is 7.11 Å². The molecule has 0 saturated carbocycles. The van der Waals surface area contributed by atoms with Crippen molar-refractivity contribution in [1.29, 1.82) is 0 Å². The number of methoxy groups -OCH3 is 1. The zero-order valence-corrected chi connectivity index (χ0v) is 10.7. The first-order valence-electron chi connectivity index (χ1n) is 5.80. The molecule has 0 aliphatic rings. The highest BCUT2D eigenvalue weighted by Crippen LogP contribution is 2.10. The lowest BCUT2D eigenvalue weighted by atomic mass is 10.1. The Kier molecular flexibility index (Phi) is 3.79. The number of nitrogens with zero attached hydrogens (tertiary/aromatic N) is 2. The van der Waals surface area contributed by atoms with E-state index in [0.717, 1.165) is 0 Å². The van der Waals surface area contributed by atoms with Gasteiger partial charge in [-0.3, -0.25) is 19.1 Å². The van der Waals surface area contributed by atoms with Crippen LogP contribution >= 0.6 is 0 Å². The van der Waals surface area contributed by atoms with E-state index in [9.17, 15) is 14.4 Å². The van der Waals surface area contributed by atoms with Gasteiger partial charge in [-0.2, -0.15) is 5.10 Å². The lowest BCUT2D eigenvalue weighted by Crippen LogP contribution is -2.24. The average molecular weight is 276 g/mol. The summed E-state index contributed by atoms with van der Waals surface area (Å²) in [6.07, 6.45) is -0.292. The lowest BCUT2D eigenvalue weighted by molar-refractivity contribution is -0.140. The van der Waals surface area contributed by atoms with Crippen LogP contribution in [0.2, 0.25) is 0 Å². The second kappa shape index (κ2) is 5.52. The number of esters is 1. The van der Waals surface area contributed by atoms with Crippen LogP contribution in [0.5, 0.6) is 0 Å². The van der Waals surface area contributed by atoms with Gasteiger partial charge in [0.25, 0.3) is 0 Å².